The van der Waals surface area contributed by atoms with Gasteiger partial charge in [-0.3, -0.25) is 13.9 Å². The lowest BCUT2D eigenvalue weighted by atomic mass is 10.1. The van der Waals surface area contributed by atoms with Crippen LogP contribution in [0.4, 0.5) is 0 Å². The van der Waals surface area contributed by atoms with Crippen molar-refractivity contribution in [1.29, 1.82) is 0 Å². The molecule has 0 spiro atoms. The molecular formula is C23H20N2O2. The highest BCUT2D eigenvalue weighted by Gasteiger charge is 2.15. The molecule has 4 aromatic rings. The van der Waals surface area contributed by atoms with Gasteiger partial charge in [0.05, 0.1) is 23.1 Å². The smallest absolute Gasteiger partial charge is 0.268 e. The molecule has 1 heterocycles. The maximum absolute atomic E-state index is 13.3. The summed E-state index contributed by atoms with van der Waals surface area (Å²) < 4.78 is 2.93. The van der Waals surface area contributed by atoms with Crippen LogP contribution in [0.1, 0.15) is 16.7 Å². The van der Waals surface area contributed by atoms with Crippen LogP contribution in [0.5, 0.6) is 0 Å². The Morgan fingerprint density at radius 2 is 1.44 bits per heavy atom. The fourth-order valence-corrected chi connectivity index (χ4v) is 3.31. The fraction of sp³-hybridized carbons (Fsp3) is 0.130. The van der Waals surface area contributed by atoms with Gasteiger partial charge in [0.2, 0.25) is 0 Å². The average Bonchev–Trinajstić information content (AvgIpc) is 2.68. The van der Waals surface area contributed by atoms with Crippen LogP contribution in [0.3, 0.4) is 0 Å². The average molecular weight is 356 g/mol. The van der Waals surface area contributed by atoms with Crippen molar-refractivity contribution in [2.24, 2.45) is 0 Å². The van der Waals surface area contributed by atoms with Gasteiger partial charge in [-0.05, 0) is 43.7 Å². The van der Waals surface area contributed by atoms with E-state index in [1.54, 1.807) is 4.57 Å². The number of nitrogens with zero attached hydrogens (tertiary/aromatic N) is 2. The number of fused-ring (bicyclic) bond motifs is 1. The third-order valence-electron chi connectivity index (χ3n) is 4.77. The van der Waals surface area contributed by atoms with Crippen LogP contribution in [-0.2, 0) is 6.54 Å². The summed E-state index contributed by atoms with van der Waals surface area (Å²) in [5.74, 6) is 0. The minimum Gasteiger partial charge on any atom is -0.268 e. The molecule has 134 valence electrons. The van der Waals surface area contributed by atoms with E-state index >= 15 is 0 Å². The molecular weight excluding hydrogens is 336 g/mol. The van der Waals surface area contributed by atoms with Crippen molar-refractivity contribution in [3.63, 3.8) is 0 Å². The molecule has 0 aliphatic carbocycles. The van der Waals surface area contributed by atoms with Crippen molar-refractivity contribution in [2.75, 3.05) is 0 Å². The number of aromatic nitrogens is 2. The minimum atomic E-state index is -0.330. The number of aryl methyl sites for hydroxylation is 2. The maximum Gasteiger partial charge on any atom is 0.336 e. The number of hydrogen-bond acceptors (Lipinski definition) is 2. The van der Waals surface area contributed by atoms with E-state index in [2.05, 4.69) is 0 Å². The summed E-state index contributed by atoms with van der Waals surface area (Å²) in [4.78, 5) is 26.4. The largest absolute Gasteiger partial charge is 0.336 e. The van der Waals surface area contributed by atoms with Gasteiger partial charge in [-0.15, -0.1) is 0 Å². The topological polar surface area (TPSA) is 44.0 Å². The van der Waals surface area contributed by atoms with E-state index in [0.29, 0.717) is 10.9 Å². The lowest BCUT2D eigenvalue weighted by molar-refractivity contribution is 0.685. The van der Waals surface area contributed by atoms with Gasteiger partial charge in [0.15, 0.2) is 0 Å². The summed E-state index contributed by atoms with van der Waals surface area (Å²) in [6.07, 6.45) is 0. The zero-order valence-corrected chi connectivity index (χ0v) is 15.3. The number of benzene rings is 3. The molecule has 4 heteroatoms. The van der Waals surface area contributed by atoms with E-state index in [4.69, 9.17) is 0 Å². The molecule has 4 rings (SSSR count). The predicted molar refractivity (Wildman–Crippen MR) is 109 cm³/mol. The zero-order valence-electron chi connectivity index (χ0n) is 15.3. The van der Waals surface area contributed by atoms with E-state index in [-0.39, 0.29) is 17.8 Å². The SMILES string of the molecule is Cc1ccc(Cn2c(=O)c3cc(C)ccc3n(-c3ccccc3)c2=O)cc1. The normalized spacial score (nSPS) is 11.0. The molecule has 4 nitrogen and oxygen atoms in total. The molecule has 27 heavy (non-hydrogen) atoms. The lowest BCUT2D eigenvalue weighted by Gasteiger charge is -2.15. The Morgan fingerprint density at radius 1 is 0.778 bits per heavy atom. The van der Waals surface area contributed by atoms with E-state index in [0.717, 1.165) is 22.4 Å². The van der Waals surface area contributed by atoms with Gasteiger partial charge in [0.25, 0.3) is 5.56 Å². The van der Waals surface area contributed by atoms with Crippen LogP contribution < -0.4 is 11.2 Å². The van der Waals surface area contributed by atoms with Crippen molar-refractivity contribution in [3.05, 3.63) is 110 Å². The van der Waals surface area contributed by atoms with Gasteiger partial charge in [0, 0.05) is 0 Å². The molecule has 0 radical (unpaired) electrons. The first kappa shape index (κ1) is 17.0. The molecule has 0 bridgehead atoms. The number of para-hydroxylation sites is 1. The summed E-state index contributed by atoms with van der Waals surface area (Å²) in [5, 5.41) is 0.547. The van der Waals surface area contributed by atoms with E-state index in [9.17, 15) is 9.59 Å². The number of rotatable bonds is 3. The Balaban J connectivity index is 2.03. The Bertz CT molecular complexity index is 1230. The fourth-order valence-electron chi connectivity index (χ4n) is 3.31. The second-order valence-corrected chi connectivity index (χ2v) is 6.85. The molecule has 1 aromatic heterocycles. The molecule has 0 atom stereocenters. The first-order chi connectivity index (χ1) is 13.0. The Kier molecular flexibility index (Phi) is 4.24. The minimum absolute atomic E-state index is 0.245. The zero-order chi connectivity index (χ0) is 19.0. The van der Waals surface area contributed by atoms with Gasteiger partial charge in [-0.25, -0.2) is 4.79 Å². The van der Waals surface area contributed by atoms with E-state index < -0.39 is 0 Å². The van der Waals surface area contributed by atoms with E-state index in [1.807, 2.05) is 86.6 Å². The third kappa shape index (κ3) is 3.10. The van der Waals surface area contributed by atoms with Gasteiger partial charge in [-0.1, -0.05) is 59.7 Å². The summed E-state index contributed by atoms with van der Waals surface area (Å²) in [7, 11) is 0. The maximum atomic E-state index is 13.3. The van der Waals surface area contributed by atoms with Crippen LogP contribution in [0.2, 0.25) is 0 Å². The Morgan fingerprint density at radius 3 is 2.15 bits per heavy atom. The molecule has 0 aliphatic rings. The predicted octanol–water partition coefficient (Wildman–Crippen LogP) is 3.82. The second kappa shape index (κ2) is 6.72. The first-order valence-electron chi connectivity index (χ1n) is 8.92. The highest BCUT2D eigenvalue weighted by molar-refractivity contribution is 5.80. The molecule has 0 saturated heterocycles. The van der Waals surface area contributed by atoms with Crippen LogP contribution in [0.15, 0.2) is 82.4 Å². The van der Waals surface area contributed by atoms with Crippen molar-refractivity contribution in [1.82, 2.24) is 9.13 Å². The number of hydrogen-bond donors (Lipinski definition) is 0. The highest BCUT2D eigenvalue weighted by atomic mass is 16.2. The van der Waals surface area contributed by atoms with Gasteiger partial charge < -0.3 is 0 Å². The van der Waals surface area contributed by atoms with Crippen molar-refractivity contribution in [2.45, 2.75) is 20.4 Å². The Hall–Kier alpha value is -3.40. The lowest BCUT2D eigenvalue weighted by Crippen LogP contribution is -2.39. The van der Waals surface area contributed by atoms with Crippen LogP contribution in [0.25, 0.3) is 16.6 Å². The first-order valence-corrected chi connectivity index (χ1v) is 8.92. The highest BCUT2D eigenvalue weighted by Crippen LogP contribution is 2.16. The molecule has 0 amide bonds. The van der Waals surface area contributed by atoms with Crippen molar-refractivity contribution < 1.29 is 0 Å². The molecule has 0 fully saturated rings. The van der Waals surface area contributed by atoms with E-state index in [1.165, 1.54) is 4.57 Å². The molecule has 0 unspecified atom stereocenters. The third-order valence-corrected chi connectivity index (χ3v) is 4.77. The van der Waals surface area contributed by atoms with Crippen molar-refractivity contribution >= 4 is 10.9 Å². The summed E-state index contributed by atoms with van der Waals surface area (Å²) >= 11 is 0. The van der Waals surface area contributed by atoms with Gasteiger partial charge in [-0.2, -0.15) is 0 Å². The second-order valence-electron chi connectivity index (χ2n) is 6.85. The molecule has 3 aromatic carbocycles. The van der Waals surface area contributed by atoms with Gasteiger partial charge >= 0.3 is 5.69 Å². The summed E-state index contributed by atoms with van der Waals surface area (Å²) in [6, 6.07) is 22.9. The van der Waals surface area contributed by atoms with Gasteiger partial charge in [0.1, 0.15) is 0 Å². The molecule has 0 N–H and O–H groups in total. The Labute approximate surface area is 157 Å². The summed E-state index contributed by atoms with van der Waals surface area (Å²) in [6.45, 7) is 4.20. The quantitative estimate of drug-likeness (QED) is 0.560. The van der Waals surface area contributed by atoms with Crippen LogP contribution >= 0.6 is 0 Å². The van der Waals surface area contributed by atoms with Crippen LogP contribution in [-0.4, -0.2) is 9.13 Å². The molecule has 0 aliphatic heterocycles. The summed E-state index contributed by atoms with van der Waals surface area (Å²) in [5.41, 5.74) is 3.83. The standard InChI is InChI=1S/C23H20N2O2/c1-16-8-11-18(12-9-16)15-24-22(26)20-14-17(2)10-13-21(20)25(23(24)27)19-6-4-3-5-7-19/h3-14H,15H2,1-2H3. The molecule has 0 saturated carbocycles. The van der Waals surface area contributed by atoms with Crippen molar-refractivity contribution in [3.8, 4) is 5.69 Å². The monoisotopic (exact) mass is 356 g/mol. The van der Waals surface area contributed by atoms with Crippen LogP contribution in [0, 0.1) is 13.8 Å².